The number of hydrogen-bond acceptors (Lipinski definition) is 5. The lowest BCUT2D eigenvalue weighted by molar-refractivity contribution is -0.127. The van der Waals surface area contributed by atoms with E-state index in [4.69, 9.17) is 9.84 Å². The zero-order valence-electron chi connectivity index (χ0n) is 15.2. The second kappa shape index (κ2) is 8.51. The number of fused-ring (bicyclic) bond motifs is 2. The zero-order chi connectivity index (χ0) is 18.4. The van der Waals surface area contributed by atoms with E-state index >= 15 is 0 Å². The summed E-state index contributed by atoms with van der Waals surface area (Å²) >= 11 is 0. The van der Waals surface area contributed by atoms with Crippen molar-refractivity contribution < 1.29 is 20.1 Å². The van der Waals surface area contributed by atoms with Gasteiger partial charge in [0.05, 0.1) is 19.3 Å². The maximum absolute atomic E-state index is 10.9. The quantitative estimate of drug-likeness (QED) is 0.360. The van der Waals surface area contributed by atoms with Crippen molar-refractivity contribution in [2.45, 2.75) is 45.3 Å². The summed E-state index contributed by atoms with van der Waals surface area (Å²) in [6.07, 6.45) is 7.62. The van der Waals surface area contributed by atoms with Crippen LogP contribution in [0.25, 0.3) is 0 Å². The molecule has 1 saturated heterocycles. The lowest BCUT2D eigenvalue weighted by atomic mass is 9.56. The molecule has 0 aromatic rings. The molecule has 2 aliphatic rings. The highest BCUT2D eigenvalue weighted by atomic mass is 16.5. The maximum atomic E-state index is 10.9. The lowest BCUT2D eigenvalue weighted by Crippen LogP contribution is -2.67. The number of aliphatic hydroxyl groups excluding tert-OH is 2. The molecule has 0 amide bonds. The summed E-state index contributed by atoms with van der Waals surface area (Å²) in [5, 5.41) is 33.2. The van der Waals surface area contributed by atoms with Gasteiger partial charge in [-0.25, -0.2) is 0 Å². The number of piperidine rings is 1. The first-order valence-electron chi connectivity index (χ1n) is 8.25. The van der Waals surface area contributed by atoms with Gasteiger partial charge in [0.25, 0.3) is 0 Å². The Hall–Kier alpha value is -1.56. The molecule has 3 unspecified atom stereocenters. The minimum Gasteiger partial charge on any atom is -0.512 e. The van der Waals surface area contributed by atoms with Crippen LogP contribution in [0.3, 0.4) is 0 Å². The first-order chi connectivity index (χ1) is 11.3. The normalized spacial score (nSPS) is 33.1. The third kappa shape index (κ3) is 3.58. The average molecular weight is 337 g/mol. The number of rotatable bonds is 4. The molecule has 1 fully saturated rings. The Bertz CT molecular complexity index is 533. The average Bonchev–Trinajstić information content (AvgIpc) is 2.54. The fraction of sp³-hybridized carbons (Fsp3) is 0.579. The van der Waals surface area contributed by atoms with Gasteiger partial charge in [-0.1, -0.05) is 17.7 Å². The minimum absolute atomic E-state index is 0.0751. The third-order valence-corrected chi connectivity index (χ3v) is 5.30. The highest BCUT2D eigenvalue weighted by Gasteiger charge is 2.57. The van der Waals surface area contributed by atoms with Crippen molar-refractivity contribution in [2.24, 2.45) is 5.41 Å². The third-order valence-electron chi connectivity index (χ3n) is 5.30. The SMILES string of the molecule is C=CC.COC(=CO)/C=C\C1=C(C)C2(CO)CCNC(C1)C2(C)O. The predicted octanol–water partition coefficient (Wildman–Crippen LogP) is 2.59. The van der Waals surface area contributed by atoms with E-state index in [1.54, 1.807) is 19.1 Å². The first-order valence-corrected chi connectivity index (χ1v) is 8.25. The van der Waals surface area contributed by atoms with E-state index in [1.807, 2.05) is 19.9 Å². The summed E-state index contributed by atoms with van der Waals surface area (Å²) in [5.74, 6) is 0.365. The van der Waals surface area contributed by atoms with E-state index in [0.29, 0.717) is 18.6 Å². The largest absolute Gasteiger partial charge is 0.512 e. The fourth-order valence-corrected chi connectivity index (χ4v) is 3.66. The maximum Gasteiger partial charge on any atom is 0.152 e. The number of hydrogen-bond donors (Lipinski definition) is 4. The van der Waals surface area contributed by atoms with E-state index < -0.39 is 11.0 Å². The molecule has 2 rings (SSSR count). The minimum atomic E-state index is -0.974. The molecule has 136 valence electrons. The molecule has 4 N–H and O–H groups in total. The van der Waals surface area contributed by atoms with Gasteiger partial charge in [0.1, 0.15) is 6.26 Å². The molecule has 2 bridgehead atoms. The Morgan fingerprint density at radius 2 is 2.12 bits per heavy atom. The number of allylic oxidation sites excluding steroid dienone is 3. The van der Waals surface area contributed by atoms with Gasteiger partial charge in [-0.2, -0.15) is 0 Å². The van der Waals surface area contributed by atoms with Crippen molar-refractivity contribution in [3.63, 3.8) is 0 Å². The van der Waals surface area contributed by atoms with Gasteiger partial charge in [0.2, 0.25) is 0 Å². The van der Waals surface area contributed by atoms with Crippen LogP contribution in [0.4, 0.5) is 0 Å². The van der Waals surface area contributed by atoms with E-state index in [1.165, 1.54) is 7.11 Å². The van der Waals surface area contributed by atoms with Gasteiger partial charge in [-0.05, 0) is 51.8 Å². The lowest BCUT2D eigenvalue weighted by Gasteiger charge is -2.56. The first kappa shape index (κ1) is 20.5. The Kier molecular flexibility index (Phi) is 7.27. The molecule has 1 aliphatic heterocycles. The monoisotopic (exact) mass is 337 g/mol. The molecule has 1 heterocycles. The summed E-state index contributed by atoms with van der Waals surface area (Å²) in [6, 6.07) is -0.0918. The van der Waals surface area contributed by atoms with Crippen molar-refractivity contribution >= 4 is 0 Å². The van der Waals surface area contributed by atoms with Crippen molar-refractivity contribution in [2.75, 3.05) is 20.3 Å². The number of aliphatic hydroxyl groups is 3. The van der Waals surface area contributed by atoms with Crippen molar-refractivity contribution in [1.82, 2.24) is 5.32 Å². The van der Waals surface area contributed by atoms with E-state index in [2.05, 4.69) is 11.9 Å². The predicted molar refractivity (Wildman–Crippen MR) is 96.6 cm³/mol. The molecule has 3 atom stereocenters. The number of nitrogens with one attached hydrogen (secondary N) is 1. The molecule has 5 heteroatoms. The number of methoxy groups -OCH3 is 1. The highest BCUT2D eigenvalue weighted by Crippen LogP contribution is 2.51. The van der Waals surface area contributed by atoms with E-state index in [-0.39, 0.29) is 12.6 Å². The topological polar surface area (TPSA) is 82.0 Å². The van der Waals surface area contributed by atoms with Gasteiger partial charge in [0.15, 0.2) is 5.76 Å². The Morgan fingerprint density at radius 3 is 2.62 bits per heavy atom. The fourth-order valence-electron chi connectivity index (χ4n) is 3.66. The Labute approximate surface area is 145 Å². The van der Waals surface area contributed by atoms with Gasteiger partial charge < -0.3 is 25.4 Å². The molecule has 0 spiro atoms. The van der Waals surface area contributed by atoms with Crippen LogP contribution in [0.15, 0.2) is 48.0 Å². The molecule has 24 heavy (non-hydrogen) atoms. The highest BCUT2D eigenvalue weighted by molar-refractivity contribution is 5.40. The molecule has 0 saturated carbocycles. The van der Waals surface area contributed by atoms with Crippen LogP contribution in [0.2, 0.25) is 0 Å². The molecular formula is C19H31NO4. The summed E-state index contributed by atoms with van der Waals surface area (Å²) in [7, 11) is 1.49. The van der Waals surface area contributed by atoms with Gasteiger partial charge in [0, 0.05) is 11.5 Å². The molecular weight excluding hydrogens is 306 g/mol. The van der Waals surface area contributed by atoms with Crippen molar-refractivity contribution in [3.05, 3.63) is 48.0 Å². The van der Waals surface area contributed by atoms with Crippen LogP contribution < -0.4 is 5.32 Å². The van der Waals surface area contributed by atoms with Crippen molar-refractivity contribution in [1.29, 1.82) is 0 Å². The van der Waals surface area contributed by atoms with E-state index in [9.17, 15) is 10.2 Å². The summed E-state index contributed by atoms with van der Waals surface area (Å²) in [4.78, 5) is 0. The van der Waals surface area contributed by atoms with Gasteiger partial charge in [-0.15, -0.1) is 6.58 Å². The zero-order valence-corrected chi connectivity index (χ0v) is 15.2. The summed E-state index contributed by atoms with van der Waals surface area (Å²) in [5.41, 5.74) is 0.483. The van der Waals surface area contributed by atoms with Gasteiger partial charge >= 0.3 is 0 Å². The van der Waals surface area contributed by atoms with Gasteiger partial charge in [-0.3, -0.25) is 0 Å². The van der Waals surface area contributed by atoms with Crippen LogP contribution in [0, 0.1) is 5.41 Å². The van der Waals surface area contributed by atoms with Crippen LogP contribution in [0.5, 0.6) is 0 Å². The second-order valence-corrected chi connectivity index (χ2v) is 6.48. The molecule has 5 nitrogen and oxygen atoms in total. The Balaban J connectivity index is 0.000000891. The van der Waals surface area contributed by atoms with Crippen LogP contribution >= 0.6 is 0 Å². The van der Waals surface area contributed by atoms with Crippen LogP contribution in [-0.2, 0) is 4.74 Å². The van der Waals surface area contributed by atoms with Crippen LogP contribution in [0.1, 0.15) is 33.6 Å². The van der Waals surface area contributed by atoms with Crippen molar-refractivity contribution in [3.8, 4) is 0 Å². The van der Waals surface area contributed by atoms with E-state index in [0.717, 1.165) is 24.0 Å². The molecule has 1 aliphatic carbocycles. The Morgan fingerprint density at radius 1 is 1.50 bits per heavy atom. The summed E-state index contributed by atoms with van der Waals surface area (Å²) in [6.45, 7) is 9.74. The molecule has 0 radical (unpaired) electrons. The second-order valence-electron chi connectivity index (χ2n) is 6.48. The standard InChI is InChI=1S/C16H25NO4.C3H6/c1-11-12(4-5-13(9-18)21-3)8-14-15(2,20)16(11,10-19)6-7-17-14;1-3-2/h4-5,9,14,17-20H,6-8,10H2,1-3H3;3H,1H2,2H3/b5-4-,13-9?;. The molecule has 0 aromatic heterocycles. The molecule has 0 aromatic carbocycles. The summed E-state index contributed by atoms with van der Waals surface area (Å²) < 4.78 is 5.00. The smallest absolute Gasteiger partial charge is 0.152 e. The number of ether oxygens (including phenoxy) is 1. The van der Waals surface area contributed by atoms with Crippen LogP contribution in [-0.4, -0.2) is 47.2 Å².